The standard InChI is InChI=1S/C20H21N3O3S/c24-20(22-17-6-7-19-16(14-17)8-11-21-19)15-9-12-23(13-10-15)27(25,26)18-4-2-1-3-5-18/h1-8,11,14-15,21H,9-10,12-13H2,(H,22,24). The van der Waals surface area contributed by atoms with Gasteiger partial charge in [0.05, 0.1) is 4.90 Å². The minimum absolute atomic E-state index is 0.0540. The molecule has 1 saturated heterocycles. The Morgan fingerprint density at radius 3 is 2.52 bits per heavy atom. The number of H-pyrrole nitrogens is 1. The Morgan fingerprint density at radius 2 is 1.78 bits per heavy atom. The fraction of sp³-hybridized carbons (Fsp3) is 0.250. The first-order valence-corrected chi connectivity index (χ1v) is 10.4. The van der Waals surface area contributed by atoms with Crippen molar-refractivity contribution in [3.05, 3.63) is 60.8 Å². The number of nitrogens with zero attached hydrogens (tertiary/aromatic N) is 1. The molecule has 6 nitrogen and oxygen atoms in total. The van der Waals surface area contributed by atoms with Crippen LogP contribution < -0.4 is 5.32 Å². The number of aromatic amines is 1. The number of benzene rings is 2. The van der Waals surface area contributed by atoms with Crippen molar-refractivity contribution < 1.29 is 13.2 Å². The first-order chi connectivity index (χ1) is 13.0. The van der Waals surface area contributed by atoms with Crippen LogP contribution in [0, 0.1) is 5.92 Å². The third kappa shape index (κ3) is 3.61. The number of sulfonamides is 1. The molecule has 0 unspecified atom stereocenters. The third-order valence-corrected chi connectivity index (χ3v) is 6.94. The van der Waals surface area contributed by atoms with Crippen molar-refractivity contribution in [1.29, 1.82) is 0 Å². The lowest BCUT2D eigenvalue weighted by Gasteiger charge is -2.30. The lowest BCUT2D eigenvalue weighted by molar-refractivity contribution is -0.120. The van der Waals surface area contributed by atoms with E-state index in [2.05, 4.69) is 10.3 Å². The molecule has 0 saturated carbocycles. The molecule has 27 heavy (non-hydrogen) atoms. The molecule has 0 spiro atoms. The highest BCUT2D eigenvalue weighted by atomic mass is 32.2. The Labute approximate surface area is 158 Å². The number of anilines is 1. The number of carbonyl (C=O) groups excluding carboxylic acids is 1. The molecule has 1 aliphatic rings. The fourth-order valence-electron chi connectivity index (χ4n) is 3.48. The molecule has 140 valence electrons. The van der Waals surface area contributed by atoms with Gasteiger partial charge in [0.2, 0.25) is 15.9 Å². The van der Waals surface area contributed by atoms with Gasteiger partial charge in [-0.25, -0.2) is 8.42 Å². The van der Waals surface area contributed by atoms with E-state index in [0.717, 1.165) is 16.6 Å². The van der Waals surface area contributed by atoms with Crippen molar-refractivity contribution in [3.63, 3.8) is 0 Å². The van der Waals surface area contributed by atoms with E-state index in [-0.39, 0.29) is 11.8 Å². The molecular weight excluding hydrogens is 362 g/mol. The summed E-state index contributed by atoms with van der Waals surface area (Å²) in [6, 6.07) is 16.1. The molecule has 4 rings (SSSR count). The second kappa shape index (κ2) is 7.17. The number of aromatic nitrogens is 1. The van der Waals surface area contributed by atoms with Crippen LogP contribution in [-0.2, 0) is 14.8 Å². The summed E-state index contributed by atoms with van der Waals surface area (Å²) in [6.45, 7) is 0.707. The van der Waals surface area contributed by atoms with Crippen LogP contribution in [-0.4, -0.2) is 36.7 Å². The van der Waals surface area contributed by atoms with Crippen LogP contribution in [0.3, 0.4) is 0 Å². The van der Waals surface area contributed by atoms with E-state index in [1.54, 1.807) is 30.3 Å². The van der Waals surface area contributed by atoms with Crippen LogP contribution in [0.25, 0.3) is 10.9 Å². The molecule has 0 atom stereocenters. The van der Waals surface area contributed by atoms with Gasteiger partial charge in [0.1, 0.15) is 0 Å². The Morgan fingerprint density at radius 1 is 1.04 bits per heavy atom. The lowest BCUT2D eigenvalue weighted by Crippen LogP contribution is -2.41. The largest absolute Gasteiger partial charge is 0.361 e. The third-order valence-electron chi connectivity index (χ3n) is 5.03. The molecule has 0 radical (unpaired) electrons. The Hall–Kier alpha value is -2.64. The molecule has 1 amide bonds. The Bertz CT molecular complexity index is 1050. The zero-order valence-corrected chi connectivity index (χ0v) is 15.6. The second-order valence-electron chi connectivity index (χ2n) is 6.76. The molecule has 7 heteroatoms. The number of hydrogen-bond donors (Lipinski definition) is 2. The summed E-state index contributed by atoms with van der Waals surface area (Å²) in [5, 5.41) is 4.00. The van der Waals surface area contributed by atoms with E-state index in [0.29, 0.717) is 30.8 Å². The van der Waals surface area contributed by atoms with Gasteiger partial charge < -0.3 is 10.3 Å². The zero-order chi connectivity index (χ0) is 18.9. The van der Waals surface area contributed by atoms with Gasteiger partial charge in [-0.05, 0) is 49.2 Å². The van der Waals surface area contributed by atoms with Gasteiger partial charge >= 0.3 is 0 Å². The smallest absolute Gasteiger partial charge is 0.243 e. The minimum atomic E-state index is -3.49. The molecule has 0 aliphatic carbocycles. The minimum Gasteiger partial charge on any atom is -0.361 e. The SMILES string of the molecule is O=C(Nc1ccc2[nH]ccc2c1)C1CCN(S(=O)(=O)c2ccccc2)CC1. The predicted octanol–water partition coefficient (Wildman–Crippen LogP) is 3.21. The predicted molar refractivity (Wildman–Crippen MR) is 105 cm³/mol. The molecule has 2 heterocycles. The van der Waals surface area contributed by atoms with E-state index in [9.17, 15) is 13.2 Å². The van der Waals surface area contributed by atoms with Crippen molar-refractivity contribution in [2.24, 2.45) is 5.92 Å². The van der Waals surface area contributed by atoms with E-state index >= 15 is 0 Å². The maximum absolute atomic E-state index is 12.7. The molecule has 2 aromatic carbocycles. The van der Waals surface area contributed by atoms with Crippen LogP contribution >= 0.6 is 0 Å². The van der Waals surface area contributed by atoms with Gasteiger partial charge in [-0.15, -0.1) is 0 Å². The molecule has 3 aromatic rings. The first-order valence-electron chi connectivity index (χ1n) is 8.97. The van der Waals surface area contributed by atoms with Gasteiger partial charge in [0, 0.05) is 41.8 Å². The highest BCUT2D eigenvalue weighted by molar-refractivity contribution is 7.89. The lowest BCUT2D eigenvalue weighted by atomic mass is 9.97. The molecule has 1 aromatic heterocycles. The van der Waals surface area contributed by atoms with Crippen LogP contribution in [0.4, 0.5) is 5.69 Å². The van der Waals surface area contributed by atoms with Gasteiger partial charge in [-0.2, -0.15) is 4.31 Å². The summed E-state index contributed by atoms with van der Waals surface area (Å²) in [5.74, 6) is -0.240. The molecule has 2 N–H and O–H groups in total. The maximum Gasteiger partial charge on any atom is 0.243 e. The topological polar surface area (TPSA) is 82.3 Å². The van der Waals surface area contributed by atoms with E-state index < -0.39 is 10.0 Å². The number of fused-ring (bicyclic) bond motifs is 1. The van der Waals surface area contributed by atoms with Gasteiger partial charge in [-0.1, -0.05) is 18.2 Å². The van der Waals surface area contributed by atoms with Crippen molar-refractivity contribution >= 4 is 32.5 Å². The van der Waals surface area contributed by atoms with Crippen molar-refractivity contribution in [1.82, 2.24) is 9.29 Å². The fourth-order valence-corrected chi connectivity index (χ4v) is 4.97. The van der Waals surface area contributed by atoms with Crippen molar-refractivity contribution in [3.8, 4) is 0 Å². The normalized spacial score (nSPS) is 16.4. The highest BCUT2D eigenvalue weighted by Crippen LogP contribution is 2.25. The summed E-state index contributed by atoms with van der Waals surface area (Å²) >= 11 is 0. The summed E-state index contributed by atoms with van der Waals surface area (Å²) in [6.07, 6.45) is 2.90. The number of amides is 1. The Balaban J connectivity index is 1.39. The van der Waals surface area contributed by atoms with E-state index in [1.807, 2.05) is 30.5 Å². The van der Waals surface area contributed by atoms with Crippen LogP contribution in [0.5, 0.6) is 0 Å². The van der Waals surface area contributed by atoms with Gasteiger partial charge in [0.25, 0.3) is 0 Å². The quantitative estimate of drug-likeness (QED) is 0.726. The molecule has 1 fully saturated rings. The van der Waals surface area contributed by atoms with Crippen molar-refractivity contribution in [2.45, 2.75) is 17.7 Å². The van der Waals surface area contributed by atoms with E-state index in [4.69, 9.17) is 0 Å². The molecular formula is C20H21N3O3S. The van der Waals surface area contributed by atoms with Gasteiger partial charge in [0.15, 0.2) is 0 Å². The summed E-state index contributed by atoms with van der Waals surface area (Å²) in [7, 11) is -3.49. The number of nitrogens with one attached hydrogen (secondary N) is 2. The van der Waals surface area contributed by atoms with Gasteiger partial charge in [-0.3, -0.25) is 4.79 Å². The first kappa shape index (κ1) is 17.8. The zero-order valence-electron chi connectivity index (χ0n) is 14.8. The molecule has 1 aliphatic heterocycles. The maximum atomic E-state index is 12.7. The number of rotatable bonds is 4. The summed E-state index contributed by atoms with van der Waals surface area (Å²) < 4.78 is 26.8. The monoisotopic (exact) mass is 383 g/mol. The van der Waals surface area contributed by atoms with Crippen LogP contribution in [0.2, 0.25) is 0 Å². The van der Waals surface area contributed by atoms with E-state index in [1.165, 1.54) is 4.31 Å². The number of carbonyl (C=O) groups is 1. The summed E-state index contributed by atoms with van der Waals surface area (Å²) in [4.78, 5) is 16.0. The number of piperidine rings is 1. The van der Waals surface area contributed by atoms with Crippen molar-refractivity contribution in [2.75, 3.05) is 18.4 Å². The Kier molecular flexibility index (Phi) is 4.72. The summed E-state index contributed by atoms with van der Waals surface area (Å²) in [5.41, 5.74) is 1.78. The highest BCUT2D eigenvalue weighted by Gasteiger charge is 2.32. The molecule has 0 bridgehead atoms. The second-order valence-corrected chi connectivity index (χ2v) is 8.70. The van der Waals surface area contributed by atoms with Crippen LogP contribution in [0.1, 0.15) is 12.8 Å². The average Bonchev–Trinajstić information content (AvgIpc) is 3.16. The average molecular weight is 383 g/mol. The van der Waals surface area contributed by atoms with Crippen LogP contribution in [0.15, 0.2) is 65.7 Å². The number of hydrogen-bond acceptors (Lipinski definition) is 3.